The molecule has 1 N–H and O–H groups in total. The SMILES string of the molecule is C/C=C/c1ccc(CCSC2SC(=NS(=O)(=O)c3ccc(C)cc3)NN2C)cc1. The van der Waals surface area contributed by atoms with Crippen molar-refractivity contribution in [2.45, 2.75) is 29.9 Å². The molecule has 0 amide bonds. The highest BCUT2D eigenvalue weighted by Crippen LogP contribution is 2.32. The fraction of sp³-hybridized carbons (Fsp3) is 0.286. The van der Waals surface area contributed by atoms with E-state index in [1.54, 1.807) is 36.0 Å². The average molecular weight is 448 g/mol. The lowest BCUT2D eigenvalue weighted by molar-refractivity contribution is 0.342. The number of nitrogens with one attached hydrogen (secondary N) is 1. The molecule has 0 bridgehead atoms. The molecule has 1 aliphatic heterocycles. The molecule has 2 aromatic rings. The smallest absolute Gasteiger partial charge is 0.284 e. The van der Waals surface area contributed by atoms with E-state index in [1.165, 1.54) is 22.9 Å². The number of nitrogens with zero attached hydrogens (tertiary/aromatic N) is 2. The molecule has 0 saturated carbocycles. The molecule has 0 radical (unpaired) electrons. The van der Waals surface area contributed by atoms with Crippen LogP contribution < -0.4 is 5.43 Å². The lowest BCUT2D eigenvalue weighted by atomic mass is 10.1. The molecule has 1 atom stereocenters. The van der Waals surface area contributed by atoms with Gasteiger partial charge in [0.05, 0.1) is 4.90 Å². The molecule has 0 aliphatic carbocycles. The number of benzene rings is 2. The Balaban J connectivity index is 1.56. The van der Waals surface area contributed by atoms with E-state index in [9.17, 15) is 8.42 Å². The summed E-state index contributed by atoms with van der Waals surface area (Å²) >= 11 is 3.19. The number of hydrazine groups is 1. The van der Waals surface area contributed by atoms with Crippen molar-refractivity contribution in [2.24, 2.45) is 4.40 Å². The van der Waals surface area contributed by atoms with Crippen LogP contribution in [0.15, 0.2) is 63.9 Å². The first kappa shape index (κ1) is 22.0. The topological polar surface area (TPSA) is 61.8 Å². The molecule has 1 heterocycles. The van der Waals surface area contributed by atoms with Gasteiger partial charge in [0, 0.05) is 7.05 Å². The van der Waals surface area contributed by atoms with Gasteiger partial charge in [-0.15, -0.1) is 16.2 Å². The number of allylic oxidation sites excluding steroid dienone is 1. The highest BCUT2D eigenvalue weighted by molar-refractivity contribution is 8.25. The van der Waals surface area contributed by atoms with Gasteiger partial charge in [0.15, 0.2) is 5.17 Å². The second kappa shape index (κ2) is 9.84. The molecule has 1 saturated heterocycles. The standard InChI is InChI=1S/C21H25N3O2S3/c1-4-5-17-8-10-18(11-9-17)14-15-27-21-24(3)22-20(28-21)23-29(25,26)19-12-6-16(2)7-13-19/h4-13,21H,14-15H2,1-3H3,(H,22,23)/b5-4+. The van der Waals surface area contributed by atoms with E-state index in [0.717, 1.165) is 17.7 Å². The summed E-state index contributed by atoms with van der Waals surface area (Å²) in [6.45, 7) is 3.93. The summed E-state index contributed by atoms with van der Waals surface area (Å²) in [6.07, 6.45) is 5.07. The van der Waals surface area contributed by atoms with Gasteiger partial charge < -0.3 is 0 Å². The Labute approximate surface area is 181 Å². The van der Waals surface area contributed by atoms with Crippen LogP contribution in [0.5, 0.6) is 0 Å². The Morgan fingerprint density at radius 1 is 1.17 bits per heavy atom. The molecule has 3 rings (SSSR count). The molecule has 5 nitrogen and oxygen atoms in total. The summed E-state index contributed by atoms with van der Waals surface area (Å²) in [6, 6.07) is 15.3. The van der Waals surface area contributed by atoms with Gasteiger partial charge in [0.1, 0.15) is 4.71 Å². The number of sulfonamides is 1. The minimum atomic E-state index is -3.72. The van der Waals surface area contributed by atoms with Crippen molar-refractivity contribution in [3.8, 4) is 0 Å². The van der Waals surface area contributed by atoms with Gasteiger partial charge in [-0.25, -0.2) is 5.01 Å². The van der Waals surface area contributed by atoms with E-state index in [2.05, 4.69) is 40.2 Å². The number of thioether (sulfide) groups is 2. The highest BCUT2D eigenvalue weighted by Gasteiger charge is 2.29. The monoisotopic (exact) mass is 447 g/mol. The number of hydrogen-bond donors (Lipinski definition) is 1. The fourth-order valence-corrected chi connectivity index (χ4v) is 6.31. The third-order valence-corrected chi connectivity index (χ3v) is 8.38. The van der Waals surface area contributed by atoms with Crippen LogP contribution in [-0.4, -0.2) is 36.1 Å². The van der Waals surface area contributed by atoms with Gasteiger partial charge >= 0.3 is 0 Å². The van der Waals surface area contributed by atoms with E-state index >= 15 is 0 Å². The van der Waals surface area contributed by atoms with Crippen LogP contribution in [0.4, 0.5) is 0 Å². The first-order valence-electron chi connectivity index (χ1n) is 9.28. The molecule has 1 fully saturated rings. The second-order valence-electron chi connectivity index (χ2n) is 6.69. The van der Waals surface area contributed by atoms with Gasteiger partial charge in [0.25, 0.3) is 10.0 Å². The zero-order chi connectivity index (χ0) is 20.9. The Bertz CT molecular complexity index is 985. The van der Waals surface area contributed by atoms with E-state index < -0.39 is 10.0 Å². The van der Waals surface area contributed by atoms with Crippen molar-refractivity contribution in [1.29, 1.82) is 0 Å². The predicted molar refractivity (Wildman–Crippen MR) is 125 cm³/mol. The summed E-state index contributed by atoms with van der Waals surface area (Å²) in [7, 11) is -1.82. The molecular formula is C21H25N3O2S3. The van der Waals surface area contributed by atoms with Crippen molar-refractivity contribution in [2.75, 3.05) is 12.8 Å². The number of aryl methyl sites for hydroxylation is 2. The molecule has 0 spiro atoms. The van der Waals surface area contributed by atoms with Crippen molar-refractivity contribution in [3.05, 3.63) is 71.3 Å². The maximum atomic E-state index is 12.5. The van der Waals surface area contributed by atoms with Gasteiger partial charge in [-0.05, 0) is 49.3 Å². The lowest BCUT2D eigenvalue weighted by Gasteiger charge is -2.16. The largest absolute Gasteiger partial charge is 0.295 e. The summed E-state index contributed by atoms with van der Waals surface area (Å²) in [5.41, 5.74) is 6.56. The van der Waals surface area contributed by atoms with Crippen LogP contribution in [-0.2, 0) is 16.4 Å². The third-order valence-electron chi connectivity index (χ3n) is 4.31. The first-order chi connectivity index (χ1) is 13.9. The van der Waals surface area contributed by atoms with Gasteiger partial charge in [-0.1, -0.05) is 65.9 Å². The van der Waals surface area contributed by atoms with Crippen molar-refractivity contribution < 1.29 is 8.42 Å². The van der Waals surface area contributed by atoms with E-state index in [0.29, 0.717) is 5.17 Å². The van der Waals surface area contributed by atoms with Crippen LogP contribution >= 0.6 is 23.5 Å². The normalized spacial score (nSPS) is 19.1. The Morgan fingerprint density at radius 3 is 2.52 bits per heavy atom. The summed E-state index contributed by atoms with van der Waals surface area (Å²) in [5, 5.41) is 2.30. The predicted octanol–water partition coefficient (Wildman–Crippen LogP) is 4.52. The second-order valence-corrected chi connectivity index (χ2v) is 10.9. The highest BCUT2D eigenvalue weighted by atomic mass is 32.2. The van der Waals surface area contributed by atoms with Gasteiger partial charge in [-0.3, -0.25) is 5.43 Å². The van der Waals surface area contributed by atoms with Gasteiger partial charge in [-0.2, -0.15) is 8.42 Å². The van der Waals surface area contributed by atoms with Crippen LogP contribution in [0.1, 0.15) is 23.6 Å². The molecular weight excluding hydrogens is 422 g/mol. The zero-order valence-corrected chi connectivity index (χ0v) is 19.2. The van der Waals surface area contributed by atoms with Crippen LogP contribution in [0.3, 0.4) is 0 Å². The van der Waals surface area contributed by atoms with E-state index in [1.807, 2.05) is 32.0 Å². The maximum absolute atomic E-state index is 12.5. The summed E-state index contributed by atoms with van der Waals surface area (Å²) < 4.78 is 29.1. The molecule has 1 unspecified atom stereocenters. The third kappa shape index (κ3) is 6.12. The van der Waals surface area contributed by atoms with Crippen LogP contribution in [0.25, 0.3) is 6.08 Å². The number of amidine groups is 1. The quantitative estimate of drug-likeness (QED) is 0.674. The van der Waals surface area contributed by atoms with Crippen LogP contribution in [0, 0.1) is 6.92 Å². The molecule has 8 heteroatoms. The Morgan fingerprint density at radius 2 is 1.86 bits per heavy atom. The molecule has 2 aromatic carbocycles. The van der Waals surface area contributed by atoms with Crippen molar-refractivity contribution >= 4 is 44.8 Å². The fourth-order valence-electron chi connectivity index (χ4n) is 2.73. The molecule has 1 aliphatic rings. The minimum absolute atomic E-state index is 0.0734. The Hall–Kier alpha value is -1.74. The van der Waals surface area contributed by atoms with Crippen LogP contribution in [0.2, 0.25) is 0 Å². The van der Waals surface area contributed by atoms with Gasteiger partial charge in [0.2, 0.25) is 0 Å². The van der Waals surface area contributed by atoms with E-state index in [-0.39, 0.29) is 9.60 Å². The summed E-state index contributed by atoms with van der Waals surface area (Å²) in [4.78, 5) is 0.207. The molecule has 29 heavy (non-hydrogen) atoms. The number of hydrogen-bond acceptors (Lipinski definition) is 5. The summed E-state index contributed by atoms with van der Waals surface area (Å²) in [5.74, 6) is 0.935. The molecule has 0 aromatic heterocycles. The van der Waals surface area contributed by atoms with Crippen molar-refractivity contribution in [1.82, 2.24) is 10.4 Å². The van der Waals surface area contributed by atoms with E-state index in [4.69, 9.17) is 0 Å². The lowest BCUT2D eigenvalue weighted by Crippen LogP contribution is -2.33. The minimum Gasteiger partial charge on any atom is -0.295 e. The first-order valence-corrected chi connectivity index (χ1v) is 12.7. The maximum Gasteiger partial charge on any atom is 0.284 e. The van der Waals surface area contributed by atoms with Crippen molar-refractivity contribution in [3.63, 3.8) is 0 Å². The molecule has 154 valence electrons. The zero-order valence-electron chi connectivity index (χ0n) is 16.7. The Kier molecular flexibility index (Phi) is 7.45. The number of rotatable bonds is 7. The average Bonchev–Trinajstić information content (AvgIpc) is 3.02.